The van der Waals surface area contributed by atoms with Gasteiger partial charge in [-0.15, -0.1) is 0 Å². The number of aromatic nitrogens is 1. The number of primary amides is 1. The molecule has 3 heterocycles. The maximum absolute atomic E-state index is 13.8. The number of pyridine rings is 1. The topological polar surface area (TPSA) is 120 Å². The summed E-state index contributed by atoms with van der Waals surface area (Å²) in [5.74, 6) is -1.55. The van der Waals surface area contributed by atoms with E-state index in [4.69, 9.17) is 28.9 Å². The molecule has 1 aromatic heterocycles. The van der Waals surface area contributed by atoms with E-state index in [1.165, 1.54) is 4.90 Å². The molecule has 192 valence electrons. The number of nitrogens with two attached hydrogens (primary N) is 1. The fourth-order valence-electron chi connectivity index (χ4n) is 5.38. The largest absolute Gasteiger partial charge is 0.465 e. The molecule has 2 aliphatic heterocycles. The Bertz CT molecular complexity index is 1130. The van der Waals surface area contributed by atoms with Gasteiger partial charge in [0, 0.05) is 44.8 Å². The number of halogens is 2. The summed E-state index contributed by atoms with van der Waals surface area (Å²) in [6.07, 6.45) is 1.07. The zero-order chi connectivity index (χ0) is 26.0. The van der Waals surface area contributed by atoms with E-state index in [1.807, 2.05) is 29.2 Å². The number of amides is 3. The van der Waals surface area contributed by atoms with Crippen molar-refractivity contribution in [3.8, 4) is 0 Å². The first-order valence-electron chi connectivity index (χ1n) is 11.9. The Hall–Kier alpha value is -3.04. The standard InChI is InChI=1S/C25H29Cl2N5O4/c1-2-32(25(35)36)21-14-31(12-17(21)15-6-7-19(26)20(27)11-15)24(34)16-8-10-30(13-18(16)23(28)33)22-5-3-4-9-29-22/h3-7,9,11,16-18,21H,2,8,10,12-14H2,1H3,(H2,28,33)(H,35,36)/t16?,17-,18?,21+/m0/s1. The van der Waals surface area contributed by atoms with Crippen molar-refractivity contribution in [1.29, 1.82) is 0 Å². The zero-order valence-electron chi connectivity index (χ0n) is 19.9. The fraction of sp³-hybridized carbons (Fsp3) is 0.440. The number of nitrogens with zero attached hydrogens (tertiary/aromatic N) is 4. The fourth-order valence-corrected chi connectivity index (χ4v) is 5.69. The highest BCUT2D eigenvalue weighted by molar-refractivity contribution is 6.42. The van der Waals surface area contributed by atoms with E-state index >= 15 is 0 Å². The second-order valence-electron chi connectivity index (χ2n) is 9.20. The Labute approximate surface area is 219 Å². The lowest BCUT2D eigenvalue weighted by molar-refractivity contribution is -0.141. The second kappa shape index (κ2) is 10.9. The summed E-state index contributed by atoms with van der Waals surface area (Å²) in [5, 5.41) is 10.6. The second-order valence-corrected chi connectivity index (χ2v) is 10.0. The van der Waals surface area contributed by atoms with Crippen LogP contribution in [0, 0.1) is 11.8 Å². The number of hydrogen-bond acceptors (Lipinski definition) is 5. The molecular weight excluding hydrogens is 505 g/mol. The van der Waals surface area contributed by atoms with Gasteiger partial charge in [-0.25, -0.2) is 9.78 Å². The molecule has 0 bridgehead atoms. The molecule has 2 unspecified atom stereocenters. The van der Waals surface area contributed by atoms with E-state index in [-0.39, 0.29) is 24.9 Å². The summed E-state index contributed by atoms with van der Waals surface area (Å²) in [6.45, 7) is 3.41. The molecule has 4 rings (SSSR count). The summed E-state index contributed by atoms with van der Waals surface area (Å²) < 4.78 is 0. The molecule has 36 heavy (non-hydrogen) atoms. The molecule has 3 N–H and O–H groups in total. The van der Waals surface area contributed by atoms with E-state index in [1.54, 1.807) is 30.2 Å². The van der Waals surface area contributed by atoms with Crippen LogP contribution in [-0.4, -0.2) is 76.6 Å². The number of rotatable bonds is 6. The number of likely N-dealkylation sites (tertiary alicyclic amines) is 1. The van der Waals surface area contributed by atoms with Crippen LogP contribution in [-0.2, 0) is 9.59 Å². The molecule has 0 spiro atoms. The number of benzene rings is 1. The highest BCUT2D eigenvalue weighted by Gasteiger charge is 2.46. The van der Waals surface area contributed by atoms with Gasteiger partial charge in [0.15, 0.2) is 0 Å². The van der Waals surface area contributed by atoms with Gasteiger partial charge < -0.3 is 25.5 Å². The van der Waals surface area contributed by atoms with E-state index in [0.717, 1.165) is 11.4 Å². The number of piperidine rings is 1. The van der Waals surface area contributed by atoms with Crippen LogP contribution in [0.2, 0.25) is 10.0 Å². The van der Waals surface area contributed by atoms with Gasteiger partial charge in [0.25, 0.3) is 0 Å². The van der Waals surface area contributed by atoms with Crippen molar-refractivity contribution < 1.29 is 19.5 Å². The third-order valence-corrected chi connectivity index (χ3v) is 7.97. The number of likely N-dealkylation sites (N-methyl/N-ethyl adjacent to an activating group) is 1. The molecule has 0 radical (unpaired) electrons. The van der Waals surface area contributed by atoms with Crippen LogP contribution in [0.4, 0.5) is 10.6 Å². The minimum atomic E-state index is -1.06. The summed E-state index contributed by atoms with van der Waals surface area (Å²) in [5.41, 5.74) is 6.56. The highest BCUT2D eigenvalue weighted by atomic mass is 35.5. The van der Waals surface area contributed by atoms with Gasteiger partial charge in [0.2, 0.25) is 11.8 Å². The normalized spacial score (nSPS) is 24.0. The Morgan fingerprint density at radius 2 is 1.89 bits per heavy atom. The van der Waals surface area contributed by atoms with Crippen LogP contribution in [0.5, 0.6) is 0 Å². The molecule has 9 nitrogen and oxygen atoms in total. The lowest BCUT2D eigenvalue weighted by Crippen LogP contribution is -2.52. The molecule has 3 amide bonds. The van der Waals surface area contributed by atoms with Gasteiger partial charge in [-0.3, -0.25) is 9.59 Å². The summed E-state index contributed by atoms with van der Waals surface area (Å²) in [6, 6.07) is 10.3. The van der Waals surface area contributed by atoms with Gasteiger partial charge >= 0.3 is 6.09 Å². The van der Waals surface area contributed by atoms with Crippen molar-refractivity contribution in [1.82, 2.24) is 14.8 Å². The van der Waals surface area contributed by atoms with Crippen LogP contribution in [0.25, 0.3) is 0 Å². The molecule has 2 fully saturated rings. The monoisotopic (exact) mass is 533 g/mol. The molecular formula is C25H29Cl2N5O4. The first-order chi connectivity index (χ1) is 17.2. The predicted molar refractivity (Wildman–Crippen MR) is 137 cm³/mol. The first-order valence-corrected chi connectivity index (χ1v) is 12.7. The number of anilines is 1. The van der Waals surface area contributed by atoms with E-state index in [9.17, 15) is 19.5 Å². The van der Waals surface area contributed by atoms with Crippen LogP contribution >= 0.6 is 23.2 Å². The maximum Gasteiger partial charge on any atom is 0.407 e. The molecule has 2 aromatic rings. The SMILES string of the molecule is CCN(C(=O)O)[C@@H]1CN(C(=O)C2CCN(c3ccccn3)CC2C(N)=O)C[C@H]1c1ccc(Cl)c(Cl)c1. The van der Waals surface area contributed by atoms with Crippen molar-refractivity contribution in [2.75, 3.05) is 37.6 Å². The van der Waals surface area contributed by atoms with Crippen molar-refractivity contribution in [2.24, 2.45) is 17.6 Å². The number of carbonyl (C=O) groups excluding carboxylic acids is 2. The lowest BCUT2D eigenvalue weighted by Gasteiger charge is -2.38. The molecule has 11 heteroatoms. The van der Waals surface area contributed by atoms with E-state index < -0.39 is 29.9 Å². The van der Waals surface area contributed by atoms with Crippen LogP contribution < -0.4 is 10.6 Å². The quantitative estimate of drug-likeness (QED) is 0.587. The van der Waals surface area contributed by atoms with Crippen LogP contribution in [0.1, 0.15) is 24.8 Å². The molecule has 2 saturated heterocycles. The predicted octanol–water partition coefficient (Wildman–Crippen LogP) is 3.31. The minimum Gasteiger partial charge on any atom is -0.465 e. The first kappa shape index (κ1) is 26.0. The van der Waals surface area contributed by atoms with Gasteiger partial charge in [-0.1, -0.05) is 35.3 Å². The van der Waals surface area contributed by atoms with E-state index in [2.05, 4.69) is 4.98 Å². The van der Waals surface area contributed by atoms with Crippen molar-refractivity contribution >= 4 is 46.9 Å². The lowest BCUT2D eigenvalue weighted by atomic mass is 9.83. The number of carbonyl (C=O) groups is 3. The number of hydrogen-bond donors (Lipinski definition) is 2. The van der Waals surface area contributed by atoms with Gasteiger partial charge in [0.1, 0.15) is 5.82 Å². The zero-order valence-corrected chi connectivity index (χ0v) is 21.4. The smallest absolute Gasteiger partial charge is 0.407 e. The van der Waals surface area contributed by atoms with Gasteiger partial charge in [-0.05, 0) is 43.2 Å². The molecule has 0 saturated carbocycles. The third-order valence-electron chi connectivity index (χ3n) is 7.23. The van der Waals surface area contributed by atoms with Crippen molar-refractivity contribution in [3.63, 3.8) is 0 Å². The average Bonchev–Trinajstić information content (AvgIpc) is 3.30. The molecule has 1 aromatic carbocycles. The average molecular weight is 534 g/mol. The number of carboxylic acid groups (broad SMARTS) is 1. The van der Waals surface area contributed by atoms with Gasteiger partial charge in [0.05, 0.1) is 27.9 Å². The molecule has 2 aliphatic rings. The van der Waals surface area contributed by atoms with E-state index in [0.29, 0.717) is 36.1 Å². The third kappa shape index (κ3) is 5.22. The Kier molecular flexibility index (Phi) is 7.90. The molecule has 4 atom stereocenters. The minimum absolute atomic E-state index is 0.187. The highest BCUT2D eigenvalue weighted by Crippen LogP contribution is 2.37. The molecule has 0 aliphatic carbocycles. The van der Waals surface area contributed by atoms with Crippen molar-refractivity contribution in [3.05, 3.63) is 58.2 Å². The summed E-state index contributed by atoms with van der Waals surface area (Å²) in [4.78, 5) is 47.5. The van der Waals surface area contributed by atoms with Gasteiger partial charge in [-0.2, -0.15) is 0 Å². The Morgan fingerprint density at radius 3 is 2.50 bits per heavy atom. The maximum atomic E-state index is 13.8. The van der Waals surface area contributed by atoms with Crippen LogP contribution in [0.3, 0.4) is 0 Å². The Balaban J connectivity index is 1.58. The van der Waals surface area contributed by atoms with Crippen molar-refractivity contribution in [2.45, 2.75) is 25.3 Å². The summed E-state index contributed by atoms with van der Waals surface area (Å²) in [7, 11) is 0. The van der Waals surface area contributed by atoms with Crippen LogP contribution in [0.15, 0.2) is 42.6 Å². The summed E-state index contributed by atoms with van der Waals surface area (Å²) >= 11 is 12.3. The Morgan fingerprint density at radius 1 is 1.11 bits per heavy atom.